The molecule has 1 aliphatic heterocycles. The second-order valence-electron chi connectivity index (χ2n) is 5.41. The van der Waals surface area contributed by atoms with Gasteiger partial charge in [0.25, 0.3) is 0 Å². The van der Waals surface area contributed by atoms with Gasteiger partial charge in [-0.15, -0.1) is 0 Å². The third kappa shape index (κ3) is 4.58. The number of likely N-dealkylation sites (N-methyl/N-ethyl adjacent to an activating group) is 1. The van der Waals surface area contributed by atoms with E-state index in [2.05, 4.69) is 12.2 Å². The molecule has 0 aliphatic carbocycles. The third-order valence-corrected chi connectivity index (χ3v) is 4.00. The molecule has 1 amide bonds. The molecule has 1 fully saturated rings. The van der Waals surface area contributed by atoms with E-state index in [1.165, 1.54) is 36.7 Å². The predicted octanol–water partition coefficient (Wildman–Crippen LogP) is -1.04. The number of benzene rings is 1. The van der Waals surface area contributed by atoms with Gasteiger partial charge >= 0.3 is 0 Å². The first-order chi connectivity index (χ1) is 9.67. The Morgan fingerprint density at radius 2 is 1.75 bits per heavy atom. The molecule has 3 N–H and O–H groups in total. The fourth-order valence-corrected chi connectivity index (χ4v) is 2.61. The van der Waals surface area contributed by atoms with Crippen molar-refractivity contribution in [2.45, 2.75) is 13.3 Å². The van der Waals surface area contributed by atoms with Gasteiger partial charge in [0.1, 0.15) is 32.0 Å². The van der Waals surface area contributed by atoms with Gasteiger partial charge in [-0.2, -0.15) is 0 Å². The van der Waals surface area contributed by atoms with E-state index >= 15 is 0 Å². The number of piperazine rings is 1. The summed E-state index contributed by atoms with van der Waals surface area (Å²) >= 11 is 0. The largest absolute Gasteiger partial charge is 0.326 e. The van der Waals surface area contributed by atoms with Crippen molar-refractivity contribution >= 4 is 11.6 Å². The van der Waals surface area contributed by atoms with Crippen LogP contribution in [0.5, 0.6) is 0 Å². The van der Waals surface area contributed by atoms with Crippen molar-refractivity contribution in [2.75, 3.05) is 44.6 Å². The van der Waals surface area contributed by atoms with Gasteiger partial charge in [0, 0.05) is 5.69 Å². The SMILES string of the molecule is CC[NH+]1CC[NH+](CCC(=O)Nc2ccc(F)cc2)CC1. The minimum absolute atomic E-state index is 0.00868. The van der Waals surface area contributed by atoms with Gasteiger partial charge in [-0.05, 0) is 31.2 Å². The summed E-state index contributed by atoms with van der Waals surface area (Å²) in [5, 5.41) is 2.80. The summed E-state index contributed by atoms with van der Waals surface area (Å²) in [5.41, 5.74) is 0.659. The minimum Gasteiger partial charge on any atom is -0.326 e. The van der Waals surface area contributed by atoms with E-state index < -0.39 is 0 Å². The first-order valence-corrected chi connectivity index (χ1v) is 7.40. The van der Waals surface area contributed by atoms with Crippen LogP contribution in [0.3, 0.4) is 0 Å². The molecule has 1 aromatic rings. The number of hydrogen-bond acceptors (Lipinski definition) is 1. The Hall–Kier alpha value is -1.46. The topological polar surface area (TPSA) is 38.0 Å². The number of anilines is 1. The molecule has 1 aliphatic rings. The molecular formula is C15H24FN3O+2. The molecular weight excluding hydrogens is 257 g/mol. The second kappa shape index (κ2) is 7.36. The number of nitrogens with one attached hydrogen (secondary N) is 3. The molecule has 2 rings (SSSR count). The summed E-state index contributed by atoms with van der Waals surface area (Å²) in [4.78, 5) is 15.0. The maximum Gasteiger partial charge on any atom is 0.230 e. The monoisotopic (exact) mass is 281 g/mol. The van der Waals surface area contributed by atoms with Crippen LogP contribution in [0.4, 0.5) is 10.1 Å². The van der Waals surface area contributed by atoms with Crippen molar-refractivity contribution < 1.29 is 19.0 Å². The van der Waals surface area contributed by atoms with Crippen molar-refractivity contribution in [3.8, 4) is 0 Å². The van der Waals surface area contributed by atoms with Crippen molar-refractivity contribution in [1.82, 2.24) is 0 Å². The smallest absolute Gasteiger partial charge is 0.230 e. The van der Waals surface area contributed by atoms with E-state index in [1.54, 1.807) is 17.0 Å². The van der Waals surface area contributed by atoms with Gasteiger partial charge in [0.15, 0.2) is 0 Å². The molecule has 20 heavy (non-hydrogen) atoms. The zero-order valence-corrected chi connectivity index (χ0v) is 12.0. The number of halogens is 1. The zero-order chi connectivity index (χ0) is 14.4. The molecule has 0 spiro atoms. The van der Waals surface area contributed by atoms with Crippen LogP contribution in [0.15, 0.2) is 24.3 Å². The molecule has 110 valence electrons. The number of hydrogen-bond donors (Lipinski definition) is 3. The van der Waals surface area contributed by atoms with E-state index in [0.717, 1.165) is 19.6 Å². The Kier molecular flexibility index (Phi) is 5.49. The van der Waals surface area contributed by atoms with Crippen molar-refractivity contribution in [3.05, 3.63) is 30.1 Å². The van der Waals surface area contributed by atoms with Gasteiger partial charge < -0.3 is 15.1 Å². The highest BCUT2D eigenvalue weighted by molar-refractivity contribution is 5.90. The highest BCUT2D eigenvalue weighted by atomic mass is 19.1. The fraction of sp³-hybridized carbons (Fsp3) is 0.533. The maximum atomic E-state index is 12.8. The Morgan fingerprint density at radius 3 is 2.35 bits per heavy atom. The molecule has 0 unspecified atom stereocenters. The Balaban J connectivity index is 1.69. The predicted molar refractivity (Wildman–Crippen MR) is 76.4 cm³/mol. The molecule has 5 heteroatoms. The van der Waals surface area contributed by atoms with Crippen LogP contribution in [-0.4, -0.2) is 45.2 Å². The van der Waals surface area contributed by atoms with Crippen LogP contribution in [-0.2, 0) is 4.79 Å². The summed E-state index contributed by atoms with van der Waals surface area (Å²) in [7, 11) is 0. The summed E-state index contributed by atoms with van der Waals surface area (Å²) in [6.07, 6.45) is 0.522. The van der Waals surface area contributed by atoms with Crippen LogP contribution in [0.25, 0.3) is 0 Å². The lowest BCUT2D eigenvalue weighted by molar-refractivity contribution is -1.01. The number of amides is 1. The van der Waals surface area contributed by atoms with E-state index in [9.17, 15) is 9.18 Å². The molecule has 1 aromatic carbocycles. The van der Waals surface area contributed by atoms with Crippen LogP contribution >= 0.6 is 0 Å². The average Bonchev–Trinajstić information content (AvgIpc) is 2.48. The highest BCUT2D eigenvalue weighted by Gasteiger charge is 2.21. The highest BCUT2D eigenvalue weighted by Crippen LogP contribution is 2.08. The summed E-state index contributed by atoms with van der Waals surface area (Å²) in [6.45, 7) is 8.98. The van der Waals surface area contributed by atoms with E-state index in [1.807, 2.05) is 0 Å². The molecule has 0 saturated carbocycles. The molecule has 4 nitrogen and oxygen atoms in total. The first-order valence-electron chi connectivity index (χ1n) is 7.40. The first kappa shape index (κ1) is 14.9. The molecule has 0 atom stereocenters. The summed E-state index contributed by atoms with van der Waals surface area (Å²) in [6, 6.07) is 5.88. The van der Waals surface area contributed by atoms with Crippen LogP contribution in [0, 0.1) is 5.82 Å². The molecule has 0 aromatic heterocycles. The fourth-order valence-electron chi connectivity index (χ4n) is 2.61. The summed E-state index contributed by atoms with van der Waals surface area (Å²) < 4.78 is 12.8. The van der Waals surface area contributed by atoms with Crippen LogP contribution in [0.1, 0.15) is 13.3 Å². The van der Waals surface area contributed by atoms with Gasteiger partial charge in [-0.1, -0.05) is 0 Å². The minimum atomic E-state index is -0.288. The van der Waals surface area contributed by atoms with Gasteiger partial charge in [0.2, 0.25) is 5.91 Å². The van der Waals surface area contributed by atoms with Gasteiger partial charge in [0.05, 0.1) is 19.5 Å². The number of rotatable bonds is 5. The molecule has 1 saturated heterocycles. The zero-order valence-electron chi connectivity index (χ0n) is 12.0. The molecule has 0 bridgehead atoms. The van der Waals surface area contributed by atoms with Crippen LogP contribution in [0.2, 0.25) is 0 Å². The Morgan fingerprint density at radius 1 is 1.15 bits per heavy atom. The average molecular weight is 281 g/mol. The number of carbonyl (C=O) groups excluding carboxylic acids is 1. The third-order valence-electron chi connectivity index (χ3n) is 4.00. The normalized spacial score (nSPS) is 22.5. The van der Waals surface area contributed by atoms with E-state index in [0.29, 0.717) is 12.1 Å². The molecule has 1 heterocycles. The molecule has 0 radical (unpaired) electrons. The lowest BCUT2D eigenvalue weighted by atomic mass is 10.2. The Bertz CT molecular complexity index is 427. The maximum absolute atomic E-state index is 12.8. The van der Waals surface area contributed by atoms with E-state index in [4.69, 9.17) is 0 Å². The van der Waals surface area contributed by atoms with Crippen molar-refractivity contribution in [1.29, 1.82) is 0 Å². The lowest BCUT2D eigenvalue weighted by Crippen LogP contribution is -3.28. The van der Waals surface area contributed by atoms with E-state index in [-0.39, 0.29) is 11.7 Å². The van der Waals surface area contributed by atoms with Gasteiger partial charge in [-0.3, -0.25) is 4.79 Å². The Labute approximate surface area is 119 Å². The number of quaternary nitrogens is 2. The standard InChI is InChI=1S/C15H22FN3O/c1-2-18-9-11-19(12-10-18)8-7-15(20)17-14-5-3-13(16)4-6-14/h3-6H,2,7-12H2,1H3,(H,17,20)/p+2. The van der Waals surface area contributed by atoms with Crippen LogP contribution < -0.4 is 15.1 Å². The quantitative estimate of drug-likeness (QED) is 0.634. The van der Waals surface area contributed by atoms with Gasteiger partial charge in [-0.25, -0.2) is 4.39 Å². The number of carbonyl (C=O) groups is 1. The second-order valence-corrected chi connectivity index (χ2v) is 5.41. The van der Waals surface area contributed by atoms with Crippen molar-refractivity contribution in [2.24, 2.45) is 0 Å². The summed E-state index contributed by atoms with van der Waals surface area (Å²) in [5.74, 6) is -0.280. The van der Waals surface area contributed by atoms with Crippen molar-refractivity contribution in [3.63, 3.8) is 0 Å². The lowest BCUT2D eigenvalue weighted by Gasteiger charge is -2.28.